The van der Waals surface area contributed by atoms with Crippen LogP contribution in [0.15, 0.2) is 97.0 Å². The number of aromatic hydroxyl groups is 1. The molecule has 0 atom stereocenters. The maximum absolute atomic E-state index is 12.1. The van der Waals surface area contributed by atoms with Gasteiger partial charge in [-0.3, -0.25) is 19.2 Å². The van der Waals surface area contributed by atoms with Gasteiger partial charge in [-0.15, -0.1) is 10.2 Å². The van der Waals surface area contributed by atoms with E-state index < -0.39 is 57.8 Å². The van der Waals surface area contributed by atoms with Crippen molar-refractivity contribution in [3.05, 3.63) is 76.8 Å². The number of phenolic OH excluding ortho intramolecular Hbond substituents is 1. The summed E-state index contributed by atoms with van der Waals surface area (Å²) in [6.07, 6.45) is 0. The molecule has 4 aromatic carbocycles. The predicted octanol–water partition coefficient (Wildman–Crippen LogP) is -0.407. The molecule has 4 aromatic rings. The first-order chi connectivity index (χ1) is 18.3. The number of rotatable bonds is 7. The van der Waals surface area contributed by atoms with Crippen molar-refractivity contribution >= 4 is 65.1 Å². The minimum Gasteiger partial charge on any atom is -1.00 e. The first-order valence-corrected chi connectivity index (χ1v) is 13.4. The van der Waals surface area contributed by atoms with Crippen LogP contribution in [-0.2, 0) is 20.2 Å². The first kappa shape index (κ1) is 34.4. The third kappa shape index (κ3) is 7.72. The summed E-state index contributed by atoms with van der Waals surface area (Å²) in [5.41, 5.74) is 4.29. The molecule has 0 amide bonds. The Morgan fingerprint density at radius 2 is 1.22 bits per heavy atom. The monoisotopic (exact) mass is 620 g/mol. The number of fused-ring (bicyclic) bond motifs is 1. The summed E-state index contributed by atoms with van der Waals surface area (Å²) in [4.78, 5) is 8.37. The molecule has 0 heterocycles. The number of nitrogen functional groups attached to an aromatic ring is 1. The Morgan fingerprint density at radius 1 is 0.756 bits per heavy atom. The van der Waals surface area contributed by atoms with E-state index >= 15 is 0 Å². The Bertz CT molecular complexity index is 1920. The van der Waals surface area contributed by atoms with Gasteiger partial charge < -0.3 is 13.7 Å². The van der Waals surface area contributed by atoms with Crippen LogP contribution in [0.4, 0.5) is 34.1 Å². The van der Waals surface area contributed by atoms with Crippen LogP contribution < -0.4 is 64.8 Å². The molecule has 19 heteroatoms. The molecule has 41 heavy (non-hydrogen) atoms. The molecule has 0 fully saturated rings. The summed E-state index contributed by atoms with van der Waals surface area (Å²) >= 11 is 0. The van der Waals surface area contributed by atoms with Crippen LogP contribution in [0.3, 0.4) is 0 Å². The standard InChI is InChI=1S/C22H16N6O9S2.2Na.2H/c23-19-18-12(11-17(39(35,36)37)21(22(18)29)27-24-13-4-2-1-3-5-13)10-16(38(32,33)34)20(19)26-25-14-6-8-15(9-7-14)28(30)31;;;;/h1-11,29H,23H2,(H,32,33,34)(H,35,36,37);;;;/q;2*+1;2*-1. The Kier molecular flexibility index (Phi) is 11.3. The molecule has 0 unspecified atom stereocenters. The third-order valence-corrected chi connectivity index (χ3v) is 6.95. The van der Waals surface area contributed by atoms with Gasteiger partial charge in [0.25, 0.3) is 25.9 Å². The van der Waals surface area contributed by atoms with Crippen molar-refractivity contribution in [2.75, 3.05) is 5.73 Å². The molecule has 15 nitrogen and oxygen atoms in total. The zero-order chi connectivity index (χ0) is 28.5. The van der Waals surface area contributed by atoms with Crippen molar-refractivity contribution in [3.8, 4) is 5.75 Å². The molecule has 0 aliphatic rings. The SMILES string of the molecule is Nc1c(N=Nc2ccc([N+](=O)[O-])cc2)c(S(=O)(=O)O)cc2cc(S(=O)(=O)O)c(N=Nc3ccccc3)c(O)c12.[H-].[H-].[Na+].[Na+]. The van der Waals surface area contributed by atoms with E-state index in [2.05, 4.69) is 20.5 Å². The number of benzene rings is 4. The molecule has 0 aliphatic carbocycles. The fraction of sp³-hybridized carbons (Fsp3) is 0. The maximum Gasteiger partial charge on any atom is 1.00 e. The van der Waals surface area contributed by atoms with Crippen LogP contribution in [0.2, 0.25) is 0 Å². The smallest absolute Gasteiger partial charge is 1.00 e. The van der Waals surface area contributed by atoms with Crippen molar-refractivity contribution in [1.29, 1.82) is 0 Å². The largest absolute Gasteiger partial charge is 1.00 e. The Labute approximate surface area is 279 Å². The molecule has 5 N–H and O–H groups in total. The van der Waals surface area contributed by atoms with Crippen molar-refractivity contribution in [1.82, 2.24) is 0 Å². The number of azo groups is 2. The second kappa shape index (κ2) is 13.4. The normalized spacial score (nSPS) is 11.9. The van der Waals surface area contributed by atoms with E-state index in [-0.39, 0.29) is 89.8 Å². The van der Waals surface area contributed by atoms with Crippen LogP contribution in [0.5, 0.6) is 5.75 Å². The van der Waals surface area contributed by atoms with E-state index in [1.54, 1.807) is 18.2 Å². The second-order valence-corrected chi connectivity index (χ2v) is 10.5. The average molecular weight is 621 g/mol. The Hall–Kier alpha value is -2.84. The molecule has 0 bridgehead atoms. The number of nitro groups is 1. The number of non-ortho nitro benzene ring substituents is 1. The first-order valence-electron chi connectivity index (χ1n) is 10.5. The zero-order valence-electron chi connectivity index (χ0n) is 23.3. The zero-order valence-corrected chi connectivity index (χ0v) is 26.9. The summed E-state index contributed by atoms with van der Waals surface area (Å²) in [6, 6.07) is 14.2. The molecule has 204 valence electrons. The molecule has 0 spiro atoms. The maximum atomic E-state index is 12.1. The van der Waals surface area contributed by atoms with Crippen LogP contribution in [0.1, 0.15) is 2.85 Å². The molecule has 0 aliphatic heterocycles. The number of nitrogens with two attached hydrogens (primary N) is 1. The van der Waals surface area contributed by atoms with E-state index in [1.807, 2.05) is 0 Å². The van der Waals surface area contributed by atoms with E-state index in [0.29, 0.717) is 0 Å². The van der Waals surface area contributed by atoms with Gasteiger partial charge in [0.05, 0.1) is 27.4 Å². The third-order valence-electron chi connectivity index (χ3n) is 5.22. The van der Waals surface area contributed by atoms with Gasteiger partial charge in [-0.05, 0) is 41.8 Å². The van der Waals surface area contributed by atoms with Gasteiger partial charge in [0.1, 0.15) is 21.2 Å². The fourth-order valence-electron chi connectivity index (χ4n) is 3.46. The van der Waals surface area contributed by atoms with E-state index in [1.165, 1.54) is 24.3 Å². The molecule has 0 aromatic heterocycles. The van der Waals surface area contributed by atoms with Crippen molar-refractivity contribution in [2.45, 2.75) is 9.79 Å². The predicted molar refractivity (Wildman–Crippen MR) is 140 cm³/mol. The van der Waals surface area contributed by atoms with Crippen molar-refractivity contribution in [2.24, 2.45) is 20.5 Å². The second-order valence-electron chi connectivity index (χ2n) is 7.77. The molecule has 0 saturated heterocycles. The van der Waals surface area contributed by atoms with Gasteiger partial charge in [-0.1, -0.05) is 18.2 Å². The van der Waals surface area contributed by atoms with Gasteiger partial charge in [-0.2, -0.15) is 27.1 Å². The number of nitro benzene ring substituents is 1. The number of hydrogen-bond donors (Lipinski definition) is 4. The van der Waals surface area contributed by atoms with Crippen LogP contribution in [-0.4, -0.2) is 36.0 Å². The number of hydrogen-bond acceptors (Lipinski definition) is 12. The molecule has 4 rings (SSSR count). The van der Waals surface area contributed by atoms with Crippen molar-refractivity contribution in [3.63, 3.8) is 0 Å². The number of anilines is 1. The van der Waals surface area contributed by atoms with E-state index in [0.717, 1.165) is 24.3 Å². The van der Waals surface area contributed by atoms with Gasteiger partial charge in [0.2, 0.25) is 0 Å². The minimum absolute atomic E-state index is 0. The van der Waals surface area contributed by atoms with Crippen LogP contribution in [0, 0.1) is 10.1 Å². The van der Waals surface area contributed by atoms with E-state index in [9.17, 15) is 41.2 Å². The van der Waals surface area contributed by atoms with Crippen LogP contribution in [0.25, 0.3) is 10.8 Å². The van der Waals surface area contributed by atoms with E-state index in [4.69, 9.17) is 5.73 Å². The molecule has 0 radical (unpaired) electrons. The van der Waals surface area contributed by atoms with Gasteiger partial charge in [-0.25, -0.2) is 0 Å². The van der Waals surface area contributed by atoms with Crippen LogP contribution >= 0.6 is 0 Å². The molecular weight excluding hydrogens is 602 g/mol. The fourth-order valence-corrected chi connectivity index (χ4v) is 4.78. The Morgan fingerprint density at radius 3 is 1.71 bits per heavy atom. The average Bonchev–Trinajstić information content (AvgIpc) is 2.86. The number of nitrogens with zero attached hydrogens (tertiary/aromatic N) is 5. The van der Waals surface area contributed by atoms with Gasteiger partial charge >= 0.3 is 59.1 Å². The molecule has 0 saturated carbocycles. The topological polar surface area (TPSA) is 248 Å². The quantitative estimate of drug-likeness (QED) is 0.0519. The minimum atomic E-state index is -5.05. The van der Waals surface area contributed by atoms with Gasteiger partial charge in [0.15, 0.2) is 5.75 Å². The summed E-state index contributed by atoms with van der Waals surface area (Å²) in [5.74, 6) is -0.897. The van der Waals surface area contributed by atoms with Gasteiger partial charge in [0, 0.05) is 12.1 Å². The van der Waals surface area contributed by atoms with Crippen molar-refractivity contribution < 1.29 is 97.9 Å². The summed E-state index contributed by atoms with van der Waals surface area (Å²) in [5, 5.41) is 36.3. The molecular formula is C22H18N6Na2O9S2. The number of phenols is 1. The summed E-state index contributed by atoms with van der Waals surface area (Å²) in [7, 11) is -10.1. The summed E-state index contributed by atoms with van der Waals surface area (Å²) < 4.78 is 68.0. The summed E-state index contributed by atoms with van der Waals surface area (Å²) in [6.45, 7) is 0. The Balaban J connectivity index is 0.00000441.